The predicted molar refractivity (Wildman–Crippen MR) is 57.5 cm³/mol. The molecular formula is C11H8ClNO3. The fourth-order valence-corrected chi connectivity index (χ4v) is 1.91. The van der Waals surface area contributed by atoms with Crippen LogP contribution in [0.15, 0.2) is 18.2 Å². The number of ketones is 1. The van der Waals surface area contributed by atoms with Gasteiger partial charge >= 0.3 is 0 Å². The van der Waals surface area contributed by atoms with Crippen LogP contribution in [0.1, 0.15) is 27.6 Å². The molecule has 0 fully saturated rings. The number of carbonyl (C=O) groups is 3. The van der Waals surface area contributed by atoms with E-state index in [1.165, 1.54) is 13.0 Å². The predicted octanol–water partition coefficient (Wildman–Crippen LogP) is 1.53. The third kappa shape index (κ3) is 1.51. The summed E-state index contributed by atoms with van der Waals surface area (Å²) in [5.74, 6) is -1.20. The highest BCUT2D eigenvalue weighted by Crippen LogP contribution is 2.28. The van der Waals surface area contributed by atoms with Crippen LogP contribution in [0.3, 0.4) is 0 Å². The van der Waals surface area contributed by atoms with Gasteiger partial charge in [-0.2, -0.15) is 0 Å². The maximum Gasteiger partial charge on any atom is 0.263 e. The number of hydrogen-bond acceptors (Lipinski definition) is 3. The maximum atomic E-state index is 11.8. The topological polar surface area (TPSA) is 54.5 Å². The van der Waals surface area contributed by atoms with Crippen molar-refractivity contribution in [2.75, 3.05) is 6.54 Å². The lowest BCUT2D eigenvalue weighted by Gasteiger charge is -2.10. The van der Waals surface area contributed by atoms with Gasteiger partial charge in [0, 0.05) is 0 Å². The molecule has 0 bridgehead atoms. The Kier molecular flexibility index (Phi) is 2.52. The smallest absolute Gasteiger partial charge is 0.263 e. The van der Waals surface area contributed by atoms with Crippen LogP contribution in [0, 0.1) is 0 Å². The van der Waals surface area contributed by atoms with Crippen molar-refractivity contribution in [3.05, 3.63) is 34.3 Å². The van der Waals surface area contributed by atoms with Crippen LogP contribution in [0.4, 0.5) is 0 Å². The quantitative estimate of drug-likeness (QED) is 0.733. The standard InChI is InChI=1S/C11H8ClNO3/c1-6(14)5-13-10(15)7-3-2-4-8(12)9(7)11(13)16/h2-4H,5H2,1H3. The lowest BCUT2D eigenvalue weighted by Crippen LogP contribution is -2.33. The van der Waals surface area contributed by atoms with Gasteiger partial charge in [0.1, 0.15) is 5.78 Å². The molecule has 16 heavy (non-hydrogen) atoms. The summed E-state index contributed by atoms with van der Waals surface area (Å²) in [6.07, 6.45) is 0. The van der Waals surface area contributed by atoms with Crippen molar-refractivity contribution < 1.29 is 14.4 Å². The van der Waals surface area contributed by atoms with Gasteiger partial charge < -0.3 is 0 Å². The molecule has 5 heteroatoms. The molecular weight excluding hydrogens is 230 g/mol. The summed E-state index contributed by atoms with van der Waals surface area (Å²) in [6, 6.07) is 4.67. The van der Waals surface area contributed by atoms with Crippen LogP contribution in [-0.4, -0.2) is 29.0 Å². The lowest BCUT2D eigenvalue weighted by molar-refractivity contribution is -0.117. The van der Waals surface area contributed by atoms with Gasteiger partial charge in [-0.25, -0.2) is 0 Å². The van der Waals surface area contributed by atoms with Crippen molar-refractivity contribution in [2.24, 2.45) is 0 Å². The summed E-state index contributed by atoms with van der Waals surface area (Å²) in [5.41, 5.74) is 0.453. The van der Waals surface area contributed by atoms with Gasteiger partial charge in [-0.3, -0.25) is 19.3 Å². The second kappa shape index (κ2) is 3.72. The van der Waals surface area contributed by atoms with E-state index in [4.69, 9.17) is 11.6 Å². The molecule has 1 heterocycles. The number of nitrogens with zero attached hydrogens (tertiary/aromatic N) is 1. The molecule has 0 unspecified atom stereocenters. The minimum Gasteiger partial charge on any atom is -0.298 e. The molecule has 4 nitrogen and oxygen atoms in total. The number of carbonyl (C=O) groups excluding carboxylic acids is 3. The second-order valence-corrected chi connectivity index (χ2v) is 3.97. The van der Waals surface area contributed by atoms with E-state index < -0.39 is 11.8 Å². The van der Waals surface area contributed by atoms with Gasteiger partial charge in [-0.05, 0) is 19.1 Å². The van der Waals surface area contributed by atoms with Gasteiger partial charge in [0.25, 0.3) is 11.8 Å². The van der Waals surface area contributed by atoms with E-state index in [1.807, 2.05) is 0 Å². The van der Waals surface area contributed by atoms with Crippen LogP contribution < -0.4 is 0 Å². The zero-order valence-corrected chi connectivity index (χ0v) is 9.25. The average molecular weight is 238 g/mol. The van der Waals surface area contributed by atoms with Crippen LogP contribution in [0.5, 0.6) is 0 Å². The zero-order chi connectivity index (χ0) is 11.9. The van der Waals surface area contributed by atoms with E-state index in [2.05, 4.69) is 0 Å². The number of Topliss-reactive ketones (excluding diaryl/α,β-unsaturated/α-hetero) is 1. The van der Waals surface area contributed by atoms with Gasteiger partial charge in [-0.1, -0.05) is 17.7 Å². The highest BCUT2D eigenvalue weighted by molar-refractivity contribution is 6.37. The van der Waals surface area contributed by atoms with Gasteiger partial charge in [-0.15, -0.1) is 0 Å². The van der Waals surface area contributed by atoms with Crippen molar-refractivity contribution in [1.82, 2.24) is 4.90 Å². The highest BCUT2D eigenvalue weighted by atomic mass is 35.5. The summed E-state index contributed by atoms with van der Waals surface area (Å²) in [4.78, 5) is 35.5. The van der Waals surface area contributed by atoms with E-state index >= 15 is 0 Å². The van der Waals surface area contributed by atoms with Crippen LogP contribution >= 0.6 is 11.6 Å². The summed E-state index contributed by atoms with van der Waals surface area (Å²) < 4.78 is 0. The first-order chi connectivity index (χ1) is 7.52. The number of imide groups is 1. The molecule has 0 spiro atoms. The Balaban J connectivity index is 2.48. The van der Waals surface area contributed by atoms with Gasteiger partial charge in [0.15, 0.2) is 0 Å². The first kappa shape index (κ1) is 10.8. The highest BCUT2D eigenvalue weighted by Gasteiger charge is 2.37. The molecule has 1 aromatic rings. The number of amides is 2. The molecule has 0 aliphatic carbocycles. The monoisotopic (exact) mass is 237 g/mol. The first-order valence-electron chi connectivity index (χ1n) is 4.66. The Morgan fingerprint density at radius 1 is 1.31 bits per heavy atom. The Morgan fingerprint density at radius 2 is 2.00 bits per heavy atom. The molecule has 0 N–H and O–H groups in total. The minimum absolute atomic E-state index is 0.190. The second-order valence-electron chi connectivity index (χ2n) is 3.56. The molecule has 0 aromatic heterocycles. The Labute approximate surface area is 96.8 Å². The molecule has 0 saturated heterocycles. The Bertz CT molecular complexity index is 510. The first-order valence-corrected chi connectivity index (χ1v) is 5.04. The number of rotatable bonds is 2. The van der Waals surface area contributed by atoms with Crippen molar-refractivity contribution in [2.45, 2.75) is 6.92 Å². The zero-order valence-electron chi connectivity index (χ0n) is 8.49. The largest absolute Gasteiger partial charge is 0.298 e. The van der Waals surface area contributed by atoms with E-state index in [1.54, 1.807) is 12.1 Å². The molecule has 0 radical (unpaired) electrons. The fourth-order valence-electron chi connectivity index (χ4n) is 1.66. The van der Waals surface area contributed by atoms with Crippen molar-refractivity contribution in [3.8, 4) is 0 Å². The molecule has 1 aliphatic heterocycles. The number of hydrogen-bond donors (Lipinski definition) is 0. The number of halogens is 1. The van der Waals surface area contributed by atoms with Gasteiger partial charge in [0.2, 0.25) is 0 Å². The fraction of sp³-hybridized carbons (Fsp3) is 0.182. The molecule has 2 rings (SSSR count). The van der Waals surface area contributed by atoms with Crippen LogP contribution in [0.25, 0.3) is 0 Å². The SMILES string of the molecule is CC(=O)CN1C(=O)c2cccc(Cl)c2C1=O. The van der Waals surface area contributed by atoms with Crippen LogP contribution in [-0.2, 0) is 4.79 Å². The molecule has 1 aliphatic rings. The Hall–Kier alpha value is -1.68. The van der Waals surface area contributed by atoms with E-state index in [-0.39, 0.29) is 28.5 Å². The number of benzene rings is 1. The van der Waals surface area contributed by atoms with E-state index in [0.29, 0.717) is 0 Å². The summed E-state index contributed by atoms with van der Waals surface area (Å²) in [6.45, 7) is 1.12. The molecule has 2 amide bonds. The average Bonchev–Trinajstić information content (AvgIpc) is 2.44. The van der Waals surface area contributed by atoms with E-state index in [9.17, 15) is 14.4 Å². The van der Waals surface area contributed by atoms with Crippen LogP contribution in [0.2, 0.25) is 5.02 Å². The maximum absolute atomic E-state index is 11.8. The van der Waals surface area contributed by atoms with Crippen molar-refractivity contribution in [1.29, 1.82) is 0 Å². The third-order valence-electron chi connectivity index (χ3n) is 2.33. The van der Waals surface area contributed by atoms with Crippen molar-refractivity contribution >= 4 is 29.2 Å². The molecule has 1 aromatic carbocycles. The molecule has 0 saturated carbocycles. The van der Waals surface area contributed by atoms with E-state index in [0.717, 1.165) is 4.90 Å². The summed E-state index contributed by atoms with van der Waals surface area (Å²) in [5, 5.41) is 0.238. The third-order valence-corrected chi connectivity index (χ3v) is 2.64. The van der Waals surface area contributed by atoms with Gasteiger partial charge in [0.05, 0.1) is 22.7 Å². The lowest BCUT2D eigenvalue weighted by atomic mass is 10.1. The number of fused-ring (bicyclic) bond motifs is 1. The minimum atomic E-state index is -0.499. The normalized spacial score (nSPS) is 14.2. The molecule has 82 valence electrons. The molecule has 0 atom stereocenters. The van der Waals surface area contributed by atoms with Crippen molar-refractivity contribution in [3.63, 3.8) is 0 Å². The summed E-state index contributed by atoms with van der Waals surface area (Å²) in [7, 11) is 0. The Morgan fingerprint density at radius 3 is 2.56 bits per heavy atom. The summed E-state index contributed by atoms with van der Waals surface area (Å²) >= 11 is 5.85.